The maximum absolute atomic E-state index is 13.7. The summed E-state index contributed by atoms with van der Waals surface area (Å²) in [5, 5.41) is 13.4. The molecule has 2 amide bonds. The Morgan fingerprint density at radius 3 is 2.83 bits per heavy atom. The Bertz CT molecular complexity index is 689. The minimum Gasteiger partial charge on any atom is -0.383 e. The van der Waals surface area contributed by atoms with Crippen molar-refractivity contribution < 1.29 is 13.9 Å². The molecule has 2 N–H and O–H groups in total. The molecule has 0 saturated carbocycles. The second-order valence-electron chi connectivity index (χ2n) is 5.43. The number of carbonyl (C=O) groups is 1. The molecule has 0 aliphatic heterocycles. The SMILES string of the molecule is CC[C@@H](COC)NC(=O)Nc1nnn(Cc2ccccc2F)c1C. The van der Waals surface area contributed by atoms with Gasteiger partial charge < -0.3 is 10.1 Å². The number of anilines is 1. The fourth-order valence-electron chi connectivity index (χ4n) is 2.21. The Labute approximate surface area is 140 Å². The predicted octanol–water partition coefficient (Wildman–Crippen LogP) is 2.32. The predicted molar refractivity (Wildman–Crippen MR) is 88.4 cm³/mol. The van der Waals surface area contributed by atoms with Crippen LogP contribution in [0.4, 0.5) is 15.0 Å². The quantitative estimate of drug-likeness (QED) is 0.814. The van der Waals surface area contributed by atoms with Crippen LogP contribution in [0.15, 0.2) is 24.3 Å². The highest BCUT2D eigenvalue weighted by Crippen LogP contribution is 2.14. The van der Waals surface area contributed by atoms with Crippen LogP contribution in [0.2, 0.25) is 0 Å². The Morgan fingerprint density at radius 1 is 1.42 bits per heavy atom. The second kappa shape index (κ2) is 8.39. The molecule has 8 heteroatoms. The lowest BCUT2D eigenvalue weighted by Crippen LogP contribution is -2.40. The second-order valence-corrected chi connectivity index (χ2v) is 5.43. The third-order valence-electron chi connectivity index (χ3n) is 3.69. The van der Waals surface area contributed by atoms with Crippen molar-refractivity contribution in [3.8, 4) is 0 Å². The van der Waals surface area contributed by atoms with Gasteiger partial charge in [-0.2, -0.15) is 0 Å². The van der Waals surface area contributed by atoms with Gasteiger partial charge in [0.25, 0.3) is 0 Å². The fourth-order valence-corrected chi connectivity index (χ4v) is 2.21. The van der Waals surface area contributed by atoms with E-state index >= 15 is 0 Å². The number of aromatic nitrogens is 3. The van der Waals surface area contributed by atoms with Gasteiger partial charge in [-0.15, -0.1) is 5.10 Å². The Balaban J connectivity index is 2.02. The number of amides is 2. The third-order valence-corrected chi connectivity index (χ3v) is 3.69. The van der Waals surface area contributed by atoms with Crippen molar-refractivity contribution in [2.75, 3.05) is 19.0 Å². The molecule has 2 rings (SSSR count). The number of hydrogen-bond acceptors (Lipinski definition) is 4. The van der Waals surface area contributed by atoms with E-state index in [-0.39, 0.29) is 24.4 Å². The van der Waals surface area contributed by atoms with E-state index in [1.807, 2.05) is 6.92 Å². The lowest BCUT2D eigenvalue weighted by molar-refractivity contribution is 0.165. The first-order valence-electron chi connectivity index (χ1n) is 7.75. The highest BCUT2D eigenvalue weighted by Gasteiger charge is 2.15. The molecule has 7 nitrogen and oxygen atoms in total. The van der Waals surface area contributed by atoms with Gasteiger partial charge in [0.2, 0.25) is 0 Å². The van der Waals surface area contributed by atoms with E-state index in [2.05, 4.69) is 20.9 Å². The molecule has 0 aliphatic rings. The summed E-state index contributed by atoms with van der Waals surface area (Å²) in [4.78, 5) is 12.0. The molecule has 1 aromatic heterocycles. The molecular weight excluding hydrogens is 313 g/mol. The van der Waals surface area contributed by atoms with Crippen LogP contribution < -0.4 is 10.6 Å². The van der Waals surface area contributed by atoms with E-state index < -0.39 is 0 Å². The van der Waals surface area contributed by atoms with Crippen molar-refractivity contribution in [3.05, 3.63) is 41.3 Å². The molecule has 2 aromatic rings. The molecular formula is C16H22FN5O2. The van der Waals surface area contributed by atoms with Crippen LogP contribution in [-0.4, -0.2) is 40.8 Å². The highest BCUT2D eigenvalue weighted by atomic mass is 19.1. The number of nitrogens with zero attached hydrogens (tertiary/aromatic N) is 3. The summed E-state index contributed by atoms with van der Waals surface area (Å²) in [5.74, 6) is 0.0427. The van der Waals surface area contributed by atoms with E-state index in [1.165, 1.54) is 6.07 Å². The number of halogens is 1. The van der Waals surface area contributed by atoms with Gasteiger partial charge in [0.15, 0.2) is 5.82 Å². The summed E-state index contributed by atoms with van der Waals surface area (Å²) in [7, 11) is 1.58. The van der Waals surface area contributed by atoms with Crippen LogP contribution in [0.5, 0.6) is 0 Å². The lowest BCUT2D eigenvalue weighted by Gasteiger charge is -2.15. The third kappa shape index (κ3) is 4.51. The smallest absolute Gasteiger partial charge is 0.320 e. The van der Waals surface area contributed by atoms with Gasteiger partial charge in [-0.3, -0.25) is 5.32 Å². The van der Waals surface area contributed by atoms with Crippen molar-refractivity contribution >= 4 is 11.8 Å². The van der Waals surface area contributed by atoms with Crippen molar-refractivity contribution in [3.63, 3.8) is 0 Å². The normalized spacial score (nSPS) is 12.0. The number of methoxy groups -OCH3 is 1. The van der Waals surface area contributed by atoms with Crippen LogP contribution in [0.25, 0.3) is 0 Å². The standard InChI is InChI=1S/C16H22FN5O2/c1-4-13(10-24-3)18-16(23)19-15-11(2)22(21-20-15)9-12-7-5-6-8-14(12)17/h5-8,13H,4,9-10H2,1-3H3,(H2,18,19,23)/t13-/m0/s1. The summed E-state index contributed by atoms with van der Waals surface area (Å²) < 4.78 is 20.3. The van der Waals surface area contributed by atoms with E-state index in [9.17, 15) is 9.18 Å². The Hall–Kier alpha value is -2.48. The average Bonchev–Trinajstić information content (AvgIpc) is 2.89. The summed E-state index contributed by atoms with van der Waals surface area (Å²) in [6.45, 7) is 4.40. The number of hydrogen-bond donors (Lipinski definition) is 2. The molecule has 0 unspecified atom stereocenters. The van der Waals surface area contributed by atoms with Crippen LogP contribution >= 0.6 is 0 Å². The molecule has 0 bridgehead atoms. The van der Waals surface area contributed by atoms with E-state index in [1.54, 1.807) is 36.9 Å². The van der Waals surface area contributed by atoms with Gasteiger partial charge in [0.05, 0.1) is 24.9 Å². The fraction of sp³-hybridized carbons (Fsp3) is 0.438. The zero-order chi connectivity index (χ0) is 17.5. The van der Waals surface area contributed by atoms with Gasteiger partial charge in [-0.05, 0) is 19.4 Å². The lowest BCUT2D eigenvalue weighted by atomic mass is 10.2. The Morgan fingerprint density at radius 2 is 2.17 bits per heavy atom. The number of urea groups is 1. The number of nitrogens with one attached hydrogen (secondary N) is 2. The highest BCUT2D eigenvalue weighted by molar-refractivity contribution is 5.88. The van der Waals surface area contributed by atoms with Crippen LogP contribution in [0.3, 0.4) is 0 Å². The first-order valence-corrected chi connectivity index (χ1v) is 7.75. The van der Waals surface area contributed by atoms with Crippen LogP contribution in [0.1, 0.15) is 24.6 Å². The van der Waals surface area contributed by atoms with Crippen molar-refractivity contribution in [1.29, 1.82) is 0 Å². The zero-order valence-electron chi connectivity index (χ0n) is 14.0. The maximum Gasteiger partial charge on any atom is 0.320 e. The number of carbonyl (C=O) groups excluding carboxylic acids is 1. The van der Waals surface area contributed by atoms with E-state index in [0.29, 0.717) is 23.7 Å². The van der Waals surface area contributed by atoms with Crippen molar-refractivity contribution in [2.45, 2.75) is 32.9 Å². The summed E-state index contributed by atoms with van der Waals surface area (Å²) in [5.41, 5.74) is 1.15. The van der Waals surface area contributed by atoms with Crippen LogP contribution in [-0.2, 0) is 11.3 Å². The van der Waals surface area contributed by atoms with Crippen LogP contribution in [0, 0.1) is 12.7 Å². The van der Waals surface area contributed by atoms with Crippen molar-refractivity contribution in [1.82, 2.24) is 20.3 Å². The Kier molecular flexibility index (Phi) is 6.25. The summed E-state index contributed by atoms with van der Waals surface area (Å²) in [6, 6.07) is 6.03. The van der Waals surface area contributed by atoms with E-state index in [4.69, 9.17) is 4.74 Å². The first kappa shape index (κ1) is 17.9. The van der Waals surface area contributed by atoms with Gasteiger partial charge in [0.1, 0.15) is 5.82 Å². The minimum atomic E-state index is -0.375. The molecule has 0 saturated heterocycles. The molecule has 24 heavy (non-hydrogen) atoms. The average molecular weight is 335 g/mol. The summed E-state index contributed by atoms with van der Waals surface area (Å²) in [6.07, 6.45) is 0.750. The van der Waals surface area contributed by atoms with Gasteiger partial charge in [-0.1, -0.05) is 30.3 Å². The molecule has 0 spiro atoms. The molecule has 130 valence electrons. The van der Waals surface area contributed by atoms with Crippen molar-refractivity contribution in [2.24, 2.45) is 0 Å². The first-order chi connectivity index (χ1) is 11.5. The molecule has 0 fully saturated rings. The van der Waals surface area contributed by atoms with Gasteiger partial charge in [-0.25, -0.2) is 13.9 Å². The number of ether oxygens (including phenoxy) is 1. The molecule has 0 radical (unpaired) electrons. The zero-order valence-corrected chi connectivity index (χ0v) is 14.0. The molecule has 0 aliphatic carbocycles. The molecule has 1 atom stereocenters. The minimum absolute atomic E-state index is 0.0798. The number of benzene rings is 1. The topological polar surface area (TPSA) is 81.1 Å². The number of rotatable bonds is 7. The van der Waals surface area contributed by atoms with Gasteiger partial charge >= 0.3 is 6.03 Å². The van der Waals surface area contributed by atoms with Gasteiger partial charge in [0, 0.05) is 12.7 Å². The molecule has 1 aromatic carbocycles. The largest absolute Gasteiger partial charge is 0.383 e. The summed E-state index contributed by atoms with van der Waals surface area (Å²) >= 11 is 0. The van der Waals surface area contributed by atoms with E-state index in [0.717, 1.165) is 6.42 Å². The maximum atomic E-state index is 13.7. The monoisotopic (exact) mass is 335 g/mol. The molecule has 1 heterocycles.